The third-order valence-corrected chi connectivity index (χ3v) is 5.86. The van der Waals surface area contributed by atoms with Crippen LogP contribution in [0.2, 0.25) is 0 Å². The van der Waals surface area contributed by atoms with Crippen LogP contribution < -0.4 is 0 Å². The highest BCUT2D eigenvalue weighted by atomic mass is 32.2. The summed E-state index contributed by atoms with van der Waals surface area (Å²) < 4.78 is 2.11. The quantitative estimate of drug-likeness (QED) is 0.831. The van der Waals surface area contributed by atoms with Crippen LogP contribution in [0.15, 0.2) is 0 Å². The first-order valence-electron chi connectivity index (χ1n) is 9.13. The lowest BCUT2D eigenvalue weighted by molar-refractivity contribution is -0.129. The molecule has 0 bridgehead atoms. The topological polar surface area (TPSA) is 74.5 Å². The van der Waals surface area contributed by atoms with E-state index in [0.717, 1.165) is 70.1 Å². The number of amides is 1. The van der Waals surface area contributed by atoms with Crippen molar-refractivity contribution in [3.63, 3.8) is 0 Å². The molecule has 1 N–H and O–H groups in total. The van der Waals surface area contributed by atoms with E-state index in [0.29, 0.717) is 5.75 Å². The van der Waals surface area contributed by atoms with Gasteiger partial charge in [-0.25, -0.2) is 0 Å². The predicted molar refractivity (Wildman–Crippen MR) is 98.5 cm³/mol. The summed E-state index contributed by atoms with van der Waals surface area (Å²) in [4.78, 5) is 16.5. The van der Waals surface area contributed by atoms with E-state index in [1.165, 1.54) is 0 Å². The largest absolute Gasteiger partial charge is 0.393 e. The van der Waals surface area contributed by atoms with E-state index in [4.69, 9.17) is 0 Å². The van der Waals surface area contributed by atoms with E-state index in [2.05, 4.69) is 19.7 Å². The van der Waals surface area contributed by atoms with Crippen LogP contribution in [-0.4, -0.2) is 79.9 Å². The summed E-state index contributed by atoms with van der Waals surface area (Å²) in [5, 5.41) is 18.5. The molecule has 2 fully saturated rings. The molecule has 0 radical (unpaired) electrons. The molecule has 2 aliphatic heterocycles. The SMILES string of the molecule is CSCC(=O)N1CCCC(c2nnc(CN3CCC(O)CC3)n2C)C1. The van der Waals surface area contributed by atoms with Crippen LogP contribution >= 0.6 is 11.8 Å². The molecule has 1 amide bonds. The fourth-order valence-corrected chi connectivity index (χ4v) is 4.20. The molecule has 25 heavy (non-hydrogen) atoms. The van der Waals surface area contributed by atoms with Gasteiger partial charge in [-0.05, 0) is 31.9 Å². The number of aliphatic hydroxyl groups is 1. The minimum atomic E-state index is -0.154. The molecule has 0 aromatic carbocycles. The summed E-state index contributed by atoms with van der Waals surface area (Å²) in [6, 6.07) is 0. The third-order valence-electron chi connectivity index (χ3n) is 5.33. The summed E-state index contributed by atoms with van der Waals surface area (Å²) in [7, 11) is 2.03. The van der Waals surface area contributed by atoms with Crippen molar-refractivity contribution in [3.05, 3.63) is 11.6 Å². The molecule has 1 unspecified atom stereocenters. The predicted octanol–water partition coefficient (Wildman–Crippen LogP) is 0.841. The average Bonchev–Trinajstić information content (AvgIpc) is 2.98. The highest BCUT2D eigenvalue weighted by Crippen LogP contribution is 2.26. The van der Waals surface area contributed by atoms with Gasteiger partial charge in [0.1, 0.15) is 11.6 Å². The Morgan fingerprint density at radius 3 is 2.72 bits per heavy atom. The van der Waals surface area contributed by atoms with Crippen LogP contribution in [0.25, 0.3) is 0 Å². The maximum Gasteiger partial charge on any atom is 0.232 e. The molecule has 3 heterocycles. The van der Waals surface area contributed by atoms with Crippen molar-refractivity contribution in [1.29, 1.82) is 0 Å². The Kier molecular flexibility index (Phi) is 6.35. The van der Waals surface area contributed by atoms with Gasteiger partial charge in [0.2, 0.25) is 5.91 Å². The van der Waals surface area contributed by atoms with Crippen molar-refractivity contribution >= 4 is 17.7 Å². The van der Waals surface area contributed by atoms with E-state index >= 15 is 0 Å². The van der Waals surface area contributed by atoms with Gasteiger partial charge in [-0.15, -0.1) is 10.2 Å². The maximum absolute atomic E-state index is 12.2. The van der Waals surface area contributed by atoms with Gasteiger partial charge in [-0.3, -0.25) is 9.69 Å². The van der Waals surface area contributed by atoms with Gasteiger partial charge in [-0.1, -0.05) is 0 Å². The van der Waals surface area contributed by atoms with Crippen LogP contribution in [0, 0.1) is 0 Å². The highest BCUT2D eigenvalue weighted by molar-refractivity contribution is 7.99. The molecule has 0 spiro atoms. The van der Waals surface area contributed by atoms with Crippen molar-refractivity contribution in [2.75, 3.05) is 38.2 Å². The second-order valence-corrected chi connectivity index (χ2v) is 8.02. The number of rotatable bonds is 5. The lowest BCUT2D eigenvalue weighted by atomic mass is 9.97. The van der Waals surface area contributed by atoms with Crippen LogP contribution in [0.4, 0.5) is 0 Å². The molecule has 2 saturated heterocycles. The minimum Gasteiger partial charge on any atom is -0.393 e. The van der Waals surface area contributed by atoms with Crippen molar-refractivity contribution < 1.29 is 9.90 Å². The van der Waals surface area contributed by atoms with Gasteiger partial charge >= 0.3 is 0 Å². The zero-order valence-corrected chi connectivity index (χ0v) is 16.0. The Hall–Kier alpha value is -1.12. The average molecular weight is 368 g/mol. The number of hydrogen-bond donors (Lipinski definition) is 1. The second kappa shape index (κ2) is 8.51. The van der Waals surface area contributed by atoms with Crippen LogP contribution in [0.5, 0.6) is 0 Å². The maximum atomic E-state index is 12.2. The van der Waals surface area contributed by atoms with Crippen LogP contribution in [-0.2, 0) is 18.4 Å². The first kappa shape index (κ1) is 18.7. The first-order valence-corrected chi connectivity index (χ1v) is 10.5. The van der Waals surface area contributed by atoms with E-state index in [1.807, 2.05) is 18.2 Å². The highest BCUT2D eigenvalue weighted by Gasteiger charge is 2.28. The van der Waals surface area contributed by atoms with E-state index in [9.17, 15) is 9.90 Å². The molecule has 1 aromatic heterocycles. The van der Waals surface area contributed by atoms with Gasteiger partial charge < -0.3 is 14.6 Å². The summed E-state index contributed by atoms with van der Waals surface area (Å²) in [6.45, 7) is 4.20. The molecule has 0 saturated carbocycles. The van der Waals surface area contributed by atoms with Gasteiger partial charge in [0.05, 0.1) is 18.4 Å². The zero-order chi connectivity index (χ0) is 17.8. The molecule has 3 rings (SSSR count). The summed E-state index contributed by atoms with van der Waals surface area (Å²) in [5.74, 6) is 3.02. The van der Waals surface area contributed by atoms with Crippen LogP contribution in [0.1, 0.15) is 43.3 Å². The van der Waals surface area contributed by atoms with Crippen molar-refractivity contribution in [3.8, 4) is 0 Å². The monoisotopic (exact) mass is 367 g/mol. The molecule has 7 nitrogen and oxygen atoms in total. The number of likely N-dealkylation sites (tertiary alicyclic amines) is 2. The Morgan fingerprint density at radius 2 is 2.00 bits per heavy atom. The minimum absolute atomic E-state index is 0.154. The van der Waals surface area contributed by atoms with Gasteiger partial charge in [0.15, 0.2) is 0 Å². The molecule has 2 aliphatic rings. The normalized spacial score (nSPS) is 23.2. The third kappa shape index (κ3) is 4.54. The van der Waals surface area contributed by atoms with Crippen molar-refractivity contribution in [2.24, 2.45) is 7.05 Å². The number of hydrogen-bond acceptors (Lipinski definition) is 6. The molecule has 0 aliphatic carbocycles. The lowest BCUT2D eigenvalue weighted by Crippen LogP contribution is -2.40. The summed E-state index contributed by atoms with van der Waals surface area (Å²) in [6.07, 6.45) is 5.56. The zero-order valence-electron chi connectivity index (χ0n) is 15.2. The Morgan fingerprint density at radius 1 is 1.24 bits per heavy atom. The number of thioether (sulfide) groups is 1. The van der Waals surface area contributed by atoms with Crippen molar-refractivity contribution in [2.45, 2.75) is 44.2 Å². The second-order valence-electron chi connectivity index (χ2n) is 7.15. The fraction of sp³-hybridized carbons (Fsp3) is 0.824. The van der Waals surface area contributed by atoms with Gasteiger partial charge in [0.25, 0.3) is 0 Å². The van der Waals surface area contributed by atoms with E-state index < -0.39 is 0 Å². The van der Waals surface area contributed by atoms with Gasteiger partial charge in [0, 0.05) is 39.1 Å². The number of aromatic nitrogens is 3. The fourth-order valence-electron chi connectivity index (χ4n) is 3.78. The Labute approximate surface area is 153 Å². The number of carbonyl (C=O) groups excluding carboxylic acids is 1. The molecule has 140 valence electrons. The Balaban J connectivity index is 1.63. The lowest BCUT2D eigenvalue weighted by Gasteiger charge is -2.32. The van der Waals surface area contributed by atoms with Crippen molar-refractivity contribution in [1.82, 2.24) is 24.6 Å². The molecule has 8 heteroatoms. The van der Waals surface area contributed by atoms with E-state index in [1.54, 1.807) is 11.8 Å². The summed E-state index contributed by atoms with van der Waals surface area (Å²) >= 11 is 1.58. The number of aliphatic hydroxyl groups excluding tert-OH is 1. The van der Waals surface area contributed by atoms with Gasteiger partial charge in [-0.2, -0.15) is 11.8 Å². The number of piperidine rings is 2. The molecular weight excluding hydrogens is 338 g/mol. The Bertz CT molecular complexity index is 586. The molecular formula is C17H29N5O2S. The van der Waals surface area contributed by atoms with E-state index in [-0.39, 0.29) is 17.9 Å². The van der Waals surface area contributed by atoms with Crippen LogP contribution in [0.3, 0.4) is 0 Å². The molecule has 1 atom stereocenters. The standard InChI is InChI=1S/C17H29N5O2S/c1-20-15(11-21-8-5-14(23)6-9-21)18-19-17(20)13-4-3-7-22(10-13)16(24)12-25-2/h13-14,23H,3-12H2,1-2H3. The number of carbonyl (C=O) groups is 1. The molecule has 1 aromatic rings. The first-order chi connectivity index (χ1) is 12.1. The summed E-state index contributed by atoms with van der Waals surface area (Å²) in [5.41, 5.74) is 0. The smallest absolute Gasteiger partial charge is 0.232 e. The number of nitrogens with zero attached hydrogens (tertiary/aromatic N) is 5.